The van der Waals surface area contributed by atoms with Gasteiger partial charge in [0.25, 0.3) is 0 Å². The Morgan fingerprint density at radius 1 is 1.12 bits per heavy atom. The quantitative estimate of drug-likeness (QED) is 0.593. The first-order chi connectivity index (χ1) is 8.33. The average Bonchev–Trinajstić information content (AvgIpc) is 2.67. The van der Waals surface area contributed by atoms with Crippen LogP contribution in [-0.4, -0.2) is 18.3 Å². The molecule has 0 unspecified atom stereocenters. The normalized spacial score (nSPS) is 11.1. The Morgan fingerprint density at radius 2 is 1.88 bits per heavy atom. The van der Waals surface area contributed by atoms with Crippen molar-refractivity contribution < 1.29 is 0 Å². The number of hydrogen-bond acceptors (Lipinski definition) is 1. The summed E-state index contributed by atoms with van der Waals surface area (Å²) in [6.45, 7) is 3.17. The van der Waals surface area contributed by atoms with Crippen LogP contribution in [0.5, 0.6) is 0 Å². The van der Waals surface area contributed by atoms with E-state index in [0.29, 0.717) is 0 Å². The molecule has 1 heterocycles. The van der Waals surface area contributed by atoms with Crippen molar-refractivity contribution in [1.82, 2.24) is 3.56 Å². The summed E-state index contributed by atoms with van der Waals surface area (Å²) in [4.78, 5) is 12.1. The zero-order valence-corrected chi connectivity index (χ0v) is 12.0. The summed E-state index contributed by atoms with van der Waals surface area (Å²) in [5.74, 6) is 0. The third-order valence-electron chi connectivity index (χ3n) is 3.02. The molecule has 0 saturated carbocycles. The van der Waals surface area contributed by atoms with E-state index in [4.69, 9.17) is 0 Å². The maximum absolute atomic E-state index is 12.1. The van der Waals surface area contributed by atoms with Crippen molar-refractivity contribution in [2.75, 3.05) is 0 Å². The van der Waals surface area contributed by atoms with Gasteiger partial charge >= 0.3 is 108 Å². The molecule has 17 heavy (non-hydrogen) atoms. The van der Waals surface area contributed by atoms with E-state index < -0.39 is 0 Å². The molecule has 0 bridgehead atoms. The van der Waals surface area contributed by atoms with E-state index in [0.717, 1.165) is 18.4 Å². The molecule has 0 N–H and O–H groups in total. The fourth-order valence-corrected chi connectivity index (χ4v) is 4.19. The van der Waals surface area contributed by atoms with Crippen molar-refractivity contribution in [3.05, 3.63) is 34.6 Å². The number of benzene rings is 1. The molecule has 3 heteroatoms. The third kappa shape index (κ3) is 3.11. The molecule has 2 nitrogen and oxygen atoms in total. The molecule has 0 amide bonds. The standard InChI is InChI=1S/C14H19NOSe/c1-2-3-4-5-8-11-15-14(16)12-9-6-7-10-13(12)17-15/h6-7,9-10H,2-5,8,11H2,1H3. The van der Waals surface area contributed by atoms with Gasteiger partial charge in [-0.15, -0.1) is 0 Å². The summed E-state index contributed by atoms with van der Waals surface area (Å²) in [7, 11) is 0. The molecular formula is C14H19NOSe. The van der Waals surface area contributed by atoms with Crippen molar-refractivity contribution in [2.45, 2.75) is 45.6 Å². The summed E-state index contributed by atoms with van der Waals surface area (Å²) in [5.41, 5.74) is 0.246. The van der Waals surface area contributed by atoms with Gasteiger partial charge in [-0.05, 0) is 0 Å². The molecule has 0 aliphatic heterocycles. The molecule has 0 radical (unpaired) electrons. The monoisotopic (exact) mass is 297 g/mol. The van der Waals surface area contributed by atoms with Gasteiger partial charge in [-0.1, -0.05) is 0 Å². The maximum atomic E-state index is 12.1. The van der Waals surface area contributed by atoms with E-state index in [1.807, 2.05) is 21.8 Å². The first kappa shape index (κ1) is 12.7. The van der Waals surface area contributed by atoms with Crippen molar-refractivity contribution in [3.8, 4) is 0 Å². The summed E-state index contributed by atoms with van der Waals surface area (Å²) in [6, 6.07) is 8.02. The number of fused-ring (bicyclic) bond motifs is 1. The molecule has 2 rings (SSSR count). The van der Waals surface area contributed by atoms with Crippen LogP contribution in [-0.2, 0) is 6.54 Å². The van der Waals surface area contributed by atoms with Gasteiger partial charge in [-0.3, -0.25) is 0 Å². The van der Waals surface area contributed by atoms with Crippen LogP contribution in [0.3, 0.4) is 0 Å². The first-order valence-corrected chi connectivity index (χ1v) is 8.04. The molecule has 0 saturated heterocycles. The molecule has 2 aromatic rings. The van der Waals surface area contributed by atoms with Gasteiger partial charge in [0.15, 0.2) is 0 Å². The fourth-order valence-electron chi connectivity index (χ4n) is 2.02. The van der Waals surface area contributed by atoms with Crippen LogP contribution in [0.4, 0.5) is 0 Å². The predicted octanol–water partition coefficient (Wildman–Crippen LogP) is 3.03. The van der Waals surface area contributed by atoms with Crippen LogP contribution in [0.25, 0.3) is 9.65 Å². The topological polar surface area (TPSA) is 22.0 Å². The van der Waals surface area contributed by atoms with E-state index in [9.17, 15) is 4.79 Å². The Hall–Kier alpha value is -0.791. The van der Waals surface area contributed by atoms with Gasteiger partial charge < -0.3 is 0 Å². The van der Waals surface area contributed by atoms with Crippen LogP contribution in [0.2, 0.25) is 0 Å². The predicted molar refractivity (Wildman–Crippen MR) is 73.9 cm³/mol. The van der Waals surface area contributed by atoms with Gasteiger partial charge in [-0.2, -0.15) is 0 Å². The Bertz CT molecular complexity index is 526. The Morgan fingerprint density at radius 3 is 2.65 bits per heavy atom. The Balaban J connectivity index is 1.99. The summed E-state index contributed by atoms with van der Waals surface area (Å²) in [5, 5.41) is 0.932. The number of nitrogens with zero attached hydrogens (tertiary/aromatic N) is 1. The fraction of sp³-hybridized carbons (Fsp3) is 0.500. The van der Waals surface area contributed by atoms with E-state index >= 15 is 0 Å². The second-order valence-electron chi connectivity index (χ2n) is 4.41. The van der Waals surface area contributed by atoms with E-state index in [-0.39, 0.29) is 20.3 Å². The van der Waals surface area contributed by atoms with E-state index in [2.05, 4.69) is 13.0 Å². The van der Waals surface area contributed by atoms with Gasteiger partial charge in [0.1, 0.15) is 0 Å². The second kappa shape index (κ2) is 6.23. The van der Waals surface area contributed by atoms with E-state index in [1.54, 1.807) is 0 Å². The molecule has 1 aromatic carbocycles. The zero-order valence-electron chi connectivity index (χ0n) is 10.3. The van der Waals surface area contributed by atoms with E-state index in [1.165, 1.54) is 29.9 Å². The molecule has 0 fully saturated rings. The summed E-state index contributed by atoms with van der Waals surface area (Å²) in [6.07, 6.45) is 6.31. The minimum absolute atomic E-state index is 0.221. The van der Waals surface area contributed by atoms with Crippen LogP contribution in [0.15, 0.2) is 29.1 Å². The number of hydrogen-bond donors (Lipinski definition) is 0. The molecule has 0 spiro atoms. The molecule has 92 valence electrons. The number of aromatic nitrogens is 1. The third-order valence-corrected chi connectivity index (χ3v) is 5.37. The van der Waals surface area contributed by atoms with Crippen LogP contribution < -0.4 is 5.56 Å². The van der Waals surface area contributed by atoms with Crippen molar-refractivity contribution in [3.63, 3.8) is 0 Å². The average molecular weight is 296 g/mol. The second-order valence-corrected chi connectivity index (χ2v) is 6.64. The number of rotatable bonds is 6. The summed E-state index contributed by atoms with van der Waals surface area (Å²) >= 11 is 0.221. The van der Waals surface area contributed by atoms with Crippen molar-refractivity contribution in [1.29, 1.82) is 0 Å². The van der Waals surface area contributed by atoms with Crippen molar-refractivity contribution in [2.24, 2.45) is 0 Å². The van der Waals surface area contributed by atoms with Gasteiger partial charge in [0, 0.05) is 0 Å². The van der Waals surface area contributed by atoms with Crippen LogP contribution >= 0.6 is 0 Å². The van der Waals surface area contributed by atoms with Crippen molar-refractivity contribution >= 4 is 24.4 Å². The molecule has 0 aliphatic carbocycles. The zero-order chi connectivity index (χ0) is 12.1. The Kier molecular flexibility index (Phi) is 4.64. The van der Waals surface area contributed by atoms with Crippen LogP contribution in [0, 0.1) is 0 Å². The number of unbranched alkanes of at least 4 members (excludes halogenated alkanes) is 4. The van der Waals surface area contributed by atoms with Crippen LogP contribution in [0.1, 0.15) is 39.0 Å². The molecular weight excluding hydrogens is 277 g/mol. The number of aryl methyl sites for hydroxylation is 1. The Labute approximate surface area is 108 Å². The van der Waals surface area contributed by atoms with Gasteiger partial charge in [0.2, 0.25) is 0 Å². The van der Waals surface area contributed by atoms with Gasteiger partial charge in [-0.25, -0.2) is 0 Å². The van der Waals surface area contributed by atoms with Gasteiger partial charge in [0.05, 0.1) is 0 Å². The molecule has 0 aliphatic rings. The molecule has 0 atom stereocenters. The molecule has 1 aromatic heterocycles. The minimum atomic E-state index is 0.221. The first-order valence-electron chi connectivity index (χ1n) is 6.42. The SMILES string of the molecule is CCCCCCCn1[se]c2ccccc2c1=O. The summed E-state index contributed by atoms with van der Waals surface area (Å²) < 4.78 is 3.29.